The van der Waals surface area contributed by atoms with Crippen LogP contribution in [-0.2, 0) is 4.74 Å². The number of halogens is 1. The van der Waals surface area contributed by atoms with E-state index in [1.54, 1.807) is 11.0 Å². The fraction of sp³-hybridized carbons (Fsp3) is 0.600. The van der Waals surface area contributed by atoms with Gasteiger partial charge < -0.3 is 14.5 Å². The summed E-state index contributed by atoms with van der Waals surface area (Å²) in [6.07, 6.45) is 0.617. The molecule has 1 saturated heterocycles. The molecule has 1 heterocycles. The highest BCUT2D eigenvalue weighted by Gasteiger charge is 2.33. The number of ether oxygens (including phenoxy) is 1. The van der Waals surface area contributed by atoms with Crippen molar-refractivity contribution in [2.75, 3.05) is 24.5 Å². The lowest BCUT2D eigenvalue weighted by atomic mass is 10.1. The molecule has 1 atom stereocenters. The molecule has 0 aliphatic carbocycles. The molecule has 0 spiro atoms. The SMILES string of the molecule is CC(C)CN(c1ccc(C#N)c(Cl)c1)[C@H]1CCN(C(=O)OC(C)(C)C)C1. The van der Waals surface area contributed by atoms with E-state index in [1.165, 1.54) is 0 Å². The minimum atomic E-state index is -0.493. The quantitative estimate of drug-likeness (QED) is 0.764. The molecule has 1 aromatic rings. The van der Waals surface area contributed by atoms with Crippen LogP contribution in [0.2, 0.25) is 5.02 Å². The van der Waals surface area contributed by atoms with Crippen molar-refractivity contribution in [3.63, 3.8) is 0 Å². The van der Waals surface area contributed by atoms with Crippen LogP contribution in [0.25, 0.3) is 0 Å². The van der Waals surface area contributed by atoms with Gasteiger partial charge in [-0.05, 0) is 51.3 Å². The third-order valence-corrected chi connectivity index (χ3v) is 4.54. The fourth-order valence-electron chi connectivity index (χ4n) is 3.12. The highest BCUT2D eigenvalue weighted by Crippen LogP contribution is 2.29. The zero-order valence-corrected chi connectivity index (χ0v) is 17.0. The van der Waals surface area contributed by atoms with E-state index < -0.39 is 5.60 Å². The van der Waals surface area contributed by atoms with E-state index >= 15 is 0 Å². The molecule has 1 fully saturated rings. The van der Waals surface area contributed by atoms with Crippen LogP contribution in [0.5, 0.6) is 0 Å². The molecule has 1 aliphatic rings. The topological polar surface area (TPSA) is 56.6 Å². The molecule has 1 amide bonds. The van der Waals surface area contributed by atoms with Crippen molar-refractivity contribution in [1.29, 1.82) is 5.26 Å². The van der Waals surface area contributed by atoms with Crippen molar-refractivity contribution < 1.29 is 9.53 Å². The van der Waals surface area contributed by atoms with Crippen molar-refractivity contribution in [3.05, 3.63) is 28.8 Å². The molecule has 0 saturated carbocycles. The van der Waals surface area contributed by atoms with Gasteiger partial charge in [-0.25, -0.2) is 4.79 Å². The molecule has 1 aliphatic heterocycles. The molecule has 0 unspecified atom stereocenters. The Morgan fingerprint density at radius 2 is 2.15 bits per heavy atom. The van der Waals surface area contributed by atoms with Crippen molar-refractivity contribution in [3.8, 4) is 6.07 Å². The maximum absolute atomic E-state index is 12.4. The van der Waals surface area contributed by atoms with Crippen LogP contribution in [0.15, 0.2) is 18.2 Å². The largest absolute Gasteiger partial charge is 0.444 e. The number of carbonyl (C=O) groups is 1. The van der Waals surface area contributed by atoms with Gasteiger partial charge in [0.05, 0.1) is 10.6 Å². The smallest absolute Gasteiger partial charge is 0.410 e. The van der Waals surface area contributed by atoms with Gasteiger partial charge in [-0.1, -0.05) is 25.4 Å². The first-order chi connectivity index (χ1) is 12.1. The number of nitrogens with zero attached hydrogens (tertiary/aromatic N) is 3. The Kier molecular flexibility index (Phi) is 6.41. The van der Waals surface area contributed by atoms with Gasteiger partial charge in [-0.15, -0.1) is 0 Å². The first kappa shape index (κ1) is 20.4. The number of rotatable bonds is 4. The number of anilines is 1. The number of hydrogen-bond donors (Lipinski definition) is 0. The molecule has 0 bridgehead atoms. The van der Waals surface area contributed by atoms with E-state index in [0.717, 1.165) is 18.7 Å². The Morgan fingerprint density at radius 3 is 2.69 bits per heavy atom. The van der Waals surface area contributed by atoms with E-state index in [2.05, 4.69) is 24.8 Å². The third kappa shape index (κ3) is 5.28. The molecular formula is C20H28ClN3O2. The summed E-state index contributed by atoms with van der Waals surface area (Å²) in [5.74, 6) is 0.458. The first-order valence-corrected chi connectivity index (χ1v) is 9.42. The molecule has 0 radical (unpaired) electrons. The molecule has 6 heteroatoms. The van der Waals surface area contributed by atoms with Crippen LogP contribution in [0.3, 0.4) is 0 Å². The van der Waals surface area contributed by atoms with Gasteiger partial charge in [0.25, 0.3) is 0 Å². The fourth-order valence-corrected chi connectivity index (χ4v) is 3.34. The average molecular weight is 378 g/mol. The molecular weight excluding hydrogens is 350 g/mol. The van der Waals surface area contributed by atoms with Crippen molar-refractivity contribution in [2.24, 2.45) is 5.92 Å². The summed E-state index contributed by atoms with van der Waals surface area (Å²) in [4.78, 5) is 16.4. The zero-order valence-electron chi connectivity index (χ0n) is 16.3. The standard InChI is InChI=1S/C20H28ClN3O2/c1-14(2)12-24(16-7-6-15(11-22)18(21)10-16)17-8-9-23(13-17)19(25)26-20(3,4)5/h6-7,10,14,17H,8-9,12-13H2,1-5H3/t17-/m0/s1. The van der Waals surface area contributed by atoms with Crippen LogP contribution in [0.1, 0.15) is 46.6 Å². The Balaban J connectivity index is 2.17. The summed E-state index contributed by atoms with van der Waals surface area (Å²) < 4.78 is 5.50. The number of benzene rings is 1. The number of hydrogen-bond acceptors (Lipinski definition) is 4. The van der Waals surface area contributed by atoms with E-state index in [4.69, 9.17) is 21.6 Å². The monoisotopic (exact) mass is 377 g/mol. The molecule has 142 valence electrons. The predicted octanol–water partition coefficient (Wildman–Crippen LogP) is 4.68. The van der Waals surface area contributed by atoms with Crippen molar-refractivity contribution in [1.82, 2.24) is 4.90 Å². The summed E-state index contributed by atoms with van der Waals surface area (Å²) >= 11 is 6.23. The average Bonchev–Trinajstić information content (AvgIpc) is 3.00. The van der Waals surface area contributed by atoms with E-state index in [1.807, 2.05) is 32.9 Å². The molecule has 0 aromatic heterocycles. The number of amides is 1. The number of carbonyl (C=O) groups excluding carboxylic acids is 1. The maximum atomic E-state index is 12.4. The summed E-state index contributed by atoms with van der Waals surface area (Å²) in [6, 6.07) is 7.83. The predicted molar refractivity (Wildman–Crippen MR) is 105 cm³/mol. The Labute approximate surface area is 161 Å². The van der Waals surface area contributed by atoms with Crippen LogP contribution in [0.4, 0.5) is 10.5 Å². The second-order valence-electron chi connectivity index (χ2n) is 8.19. The van der Waals surface area contributed by atoms with Crippen LogP contribution in [-0.4, -0.2) is 42.3 Å². The Bertz CT molecular complexity index is 691. The van der Waals surface area contributed by atoms with E-state index in [-0.39, 0.29) is 12.1 Å². The lowest BCUT2D eigenvalue weighted by Crippen LogP contribution is -2.42. The van der Waals surface area contributed by atoms with E-state index in [9.17, 15) is 4.79 Å². The summed E-state index contributed by atoms with van der Waals surface area (Å²) in [6.45, 7) is 12.1. The maximum Gasteiger partial charge on any atom is 0.410 e. The van der Waals surface area contributed by atoms with Gasteiger partial charge in [0.2, 0.25) is 0 Å². The second kappa shape index (κ2) is 8.18. The number of likely N-dealkylation sites (tertiary alicyclic amines) is 1. The van der Waals surface area contributed by atoms with Gasteiger partial charge in [0, 0.05) is 31.4 Å². The zero-order chi connectivity index (χ0) is 19.5. The Hall–Kier alpha value is -1.93. The molecule has 0 N–H and O–H groups in total. The van der Waals surface area contributed by atoms with Crippen LogP contribution < -0.4 is 4.90 Å². The van der Waals surface area contributed by atoms with E-state index in [0.29, 0.717) is 29.6 Å². The molecule has 2 rings (SSSR count). The summed E-state index contributed by atoms with van der Waals surface area (Å²) in [7, 11) is 0. The molecule has 5 nitrogen and oxygen atoms in total. The highest BCUT2D eigenvalue weighted by molar-refractivity contribution is 6.32. The number of nitriles is 1. The lowest BCUT2D eigenvalue weighted by Gasteiger charge is -2.33. The van der Waals surface area contributed by atoms with Crippen molar-refractivity contribution >= 4 is 23.4 Å². The van der Waals surface area contributed by atoms with Gasteiger partial charge in [-0.2, -0.15) is 5.26 Å². The van der Waals surface area contributed by atoms with Gasteiger partial charge in [-0.3, -0.25) is 0 Å². The minimum Gasteiger partial charge on any atom is -0.444 e. The van der Waals surface area contributed by atoms with Gasteiger partial charge >= 0.3 is 6.09 Å². The normalized spacial score (nSPS) is 17.3. The van der Waals surface area contributed by atoms with Gasteiger partial charge in [0.15, 0.2) is 0 Å². The van der Waals surface area contributed by atoms with Crippen LogP contribution >= 0.6 is 11.6 Å². The first-order valence-electron chi connectivity index (χ1n) is 9.05. The molecule has 1 aromatic carbocycles. The van der Waals surface area contributed by atoms with Crippen LogP contribution in [0, 0.1) is 17.2 Å². The Morgan fingerprint density at radius 1 is 1.46 bits per heavy atom. The molecule has 26 heavy (non-hydrogen) atoms. The third-order valence-electron chi connectivity index (χ3n) is 4.22. The second-order valence-corrected chi connectivity index (χ2v) is 8.60. The van der Waals surface area contributed by atoms with Crippen molar-refractivity contribution in [2.45, 2.75) is 52.7 Å². The summed E-state index contributed by atoms with van der Waals surface area (Å²) in [5.41, 5.74) is 0.966. The lowest BCUT2D eigenvalue weighted by molar-refractivity contribution is 0.0292. The highest BCUT2D eigenvalue weighted by atomic mass is 35.5. The minimum absolute atomic E-state index is 0.203. The van der Waals surface area contributed by atoms with Gasteiger partial charge in [0.1, 0.15) is 11.7 Å². The summed E-state index contributed by atoms with van der Waals surface area (Å²) in [5, 5.41) is 9.55.